The van der Waals surface area contributed by atoms with E-state index in [0.29, 0.717) is 12.2 Å². The van der Waals surface area contributed by atoms with Crippen LogP contribution in [0.4, 0.5) is 0 Å². The summed E-state index contributed by atoms with van der Waals surface area (Å²) in [6.45, 7) is 4.55. The van der Waals surface area contributed by atoms with Crippen molar-refractivity contribution in [2.24, 2.45) is 0 Å². The van der Waals surface area contributed by atoms with Crippen LogP contribution in [0.3, 0.4) is 0 Å². The molecule has 0 unspecified atom stereocenters. The van der Waals surface area contributed by atoms with Crippen molar-refractivity contribution < 1.29 is 9.53 Å². The van der Waals surface area contributed by atoms with Gasteiger partial charge in [0.05, 0.1) is 4.34 Å². The number of hydrogen-bond donors (Lipinski definition) is 0. The van der Waals surface area contributed by atoms with Crippen LogP contribution in [0.15, 0.2) is 60.9 Å². The van der Waals surface area contributed by atoms with E-state index in [2.05, 4.69) is 16.0 Å². The molecule has 1 amide bonds. The van der Waals surface area contributed by atoms with Gasteiger partial charge in [-0.2, -0.15) is 0 Å². The molecule has 0 radical (unpaired) electrons. The van der Waals surface area contributed by atoms with Gasteiger partial charge in [0.25, 0.3) is 5.91 Å². The van der Waals surface area contributed by atoms with Crippen LogP contribution in [-0.2, 0) is 13.2 Å². The van der Waals surface area contributed by atoms with Crippen LogP contribution in [0.1, 0.15) is 20.8 Å². The first-order chi connectivity index (χ1) is 14.2. The Kier molecular flexibility index (Phi) is 6.44. The quantitative estimate of drug-likeness (QED) is 0.587. The zero-order valence-corrected chi connectivity index (χ0v) is 17.5. The maximum Gasteiger partial charge on any atom is 0.253 e. The molecule has 0 bridgehead atoms. The Bertz CT molecular complexity index is 938. The van der Waals surface area contributed by atoms with E-state index in [-0.39, 0.29) is 5.91 Å². The smallest absolute Gasteiger partial charge is 0.253 e. The van der Waals surface area contributed by atoms with E-state index in [4.69, 9.17) is 16.3 Å². The second-order valence-electron chi connectivity index (χ2n) is 6.95. The van der Waals surface area contributed by atoms with Crippen molar-refractivity contribution in [3.63, 3.8) is 0 Å². The third kappa shape index (κ3) is 5.35. The number of benzene rings is 1. The standard InChI is InChI=1S/C22H22ClN3O2S/c23-21-8-7-20(29-21)15-25-10-12-26(13-11-25)22(27)18-3-5-19(6-4-18)28-16-17-2-1-9-24-14-17/h1-9,14H,10-13,15-16H2. The average Bonchev–Trinajstić information content (AvgIpc) is 3.18. The van der Waals surface area contributed by atoms with Gasteiger partial charge in [0.15, 0.2) is 0 Å². The highest BCUT2D eigenvalue weighted by Gasteiger charge is 2.22. The maximum atomic E-state index is 12.8. The molecule has 29 heavy (non-hydrogen) atoms. The summed E-state index contributed by atoms with van der Waals surface area (Å²) in [5, 5.41) is 0. The lowest BCUT2D eigenvalue weighted by Gasteiger charge is -2.34. The Morgan fingerprint density at radius 3 is 2.52 bits per heavy atom. The summed E-state index contributed by atoms with van der Waals surface area (Å²) >= 11 is 7.63. The molecule has 4 rings (SSSR count). The molecule has 0 N–H and O–H groups in total. The first-order valence-corrected chi connectivity index (χ1v) is 10.7. The highest BCUT2D eigenvalue weighted by Crippen LogP contribution is 2.23. The summed E-state index contributed by atoms with van der Waals surface area (Å²) in [4.78, 5) is 22.4. The van der Waals surface area contributed by atoms with E-state index >= 15 is 0 Å². The number of halogens is 1. The van der Waals surface area contributed by atoms with Gasteiger partial charge < -0.3 is 9.64 Å². The largest absolute Gasteiger partial charge is 0.489 e. The maximum absolute atomic E-state index is 12.8. The van der Waals surface area contributed by atoms with Gasteiger partial charge in [-0.05, 0) is 42.5 Å². The topological polar surface area (TPSA) is 45.7 Å². The summed E-state index contributed by atoms with van der Waals surface area (Å²) in [7, 11) is 0. The Morgan fingerprint density at radius 2 is 1.86 bits per heavy atom. The van der Waals surface area contributed by atoms with Crippen molar-refractivity contribution in [2.45, 2.75) is 13.2 Å². The van der Waals surface area contributed by atoms with Crippen LogP contribution in [0, 0.1) is 0 Å². The van der Waals surface area contributed by atoms with E-state index in [1.54, 1.807) is 23.7 Å². The second-order valence-corrected chi connectivity index (χ2v) is 8.75. The number of carbonyl (C=O) groups excluding carboxylic acids is 1. The molecule has 1 fully saturated rings. The van der Waals surface area contributed by atoms with Crippen LogP contribution in [0.2, 0.25) is 4.34 Å². The lowest BCUT2D eigenvalue weighted by atomic mass is 10.1. The van der Waals surface area contributed by atoms with E-state index < -0.39 is 0 Å². The van der Waals surface area contributed by atoms with Gasteiger partial charge in [-0.1, -0.05) is 17.7 Å². The lowest BCUT2D eigenvalue weighted by Crippen LogP contribution is -2.48. The molecule has 3 heterocycles. The van der Waals surface area contributed by atoms with E-state index in [1.807, 2.05) is 47.4 Å². The fraction of sp³-hybridized carbons (Fsp3) is 0.273. The van der Waals surface area contributed by atoms with Crippen LogP contribution < -0.4 is 4.74 Å². The van der Waals surface area contributed by atoms with Crippen LogP contribution in [0.25, 0.3) is 0 Å². The minimum atomic E-state index is 0.0719. The number of hydrogen-bond acceptors (Lipinski definition) is 5. The third-order valence-corrected chi connectivity index (χ3v) is 6.11. The van der Waals surface area contributed by atoms with Crippen molar-refractivity contribution in [1.29, 1.82) is 0 Å². The number of amides is 1. The fourth-order valence-corrected chi connectivity index (χ4v) is 4.42. The van der Waals surface area contributed by atoms with Crippen molar-refractivity contribution >= 4 is 28.8 Å². The molecule has 1 aliphatic rings. The van der Waals surface area contributed by atoms with E-state index in [9.17, 15) is 4.79 Å². The predicted molar refractivity (Wildman–Crippen MR) is 116 cm³/mol. The minimum Gasteiger partial charge on any atom is -0.489 e. The first-order valence-electron chi connectivity index (χ1n) is 9.55. The SMILES string of the molecule is O=C(c1ccc(OCc2cccnc2)cc1)N1CCN(Cc2ccc(Cl)s2)CC1. The summed E-state index contributed by atoms with van der Waals surface area (Å²) in [5.74, 6) is 0.812. The molecule has 1 saturated heterocycles. The monoisotopic (exact) mass is 427 g/mol. The summed E-state index contributed by atoms with van der Waals surface area (Å²) in [6, 6.07) is 15.2. The fourth-order valence-electron chi connectivity index (χ4n) is 3.29. The lowest BCUT2D eigenvalue weighted by molar-refractivity contribution is 0.0629. The van der Waals surface area contributed by atoms with Gasteiger partial charge >= 0.3 is 0 Å². The molecular formula is C22H22ClN3O2S. The Morgan fingerprint density at radius 1 is 1.07 bits per heavy atom. The van der Waals surface area contributed by atoms with Crippen LogP contribution >= 0.6 is 22.9 Å². The molecule has 150 valence electrons. The molecule has 3 aromatic rings. The summed E-state index contributed by atoms with van der Waals surface area (Å²) in [5.41, 5.74) is 1.70. The molecule has 1 aliphatic heterocycles. The zero-order chi connectivity index (χ0) is 20.1. The minimum absolute atomic E-state index is 0.0719. The normalized spacial score (nSPS) is 14.7. The number of ether oxygens (including phenoxy) is 1. The van der Waals surface area contributed by atoms with Gasteiger partial charge in [0.2, 0.25) is 0 Å². The summed E-state index contributed by atoms with van der Waals surface area (Å²) in [6.07, 6.45) is 3.52. The van der Waals surface area contributed by atoms with Crippen molar-refractivity contribution in [2.75, 3.05) is 26.2 Å². The highest BCUT2D eigenvalue weighted by atomic mass is 35.5. The average molecular weight is 428 g/mol. The van der Waals surface area contributed by atoms with Gasteiger partial charge in [-0.25, -0.2) is 0 Å². The summed E-state index contributed by atoms with van der Waals surface area (Å²) < 4.78 is 6.59. The van der Waals surface area contributed by atoms with Gasteiger partial charge in [0, 0.05) is 61.1 Å². The molecule has 1 aromatic carbocycles. The number of aromatic nitrogens is 1. The number of thiophene rings is 1. The molecule has 0 saturated carbocycles. The van der Waals surface area contributed by atoms with Crippen LogP contribution in [0.5, 0.6) is 5.75 Å². The Labute approximate surface area is 179 Å². The molecule has 0 spiro atoms. The van der Waals surface area contributed by atoms with E-state index in [1.165, 1.54) is 4.88 Å². The van der Waals surface area contributed by atoms with Crippen molar-refractivity contribution in [1.82, 2.24) is 14.8 Å². The number of nitrogens with zero attached hydrogens (tertiary/aromatic N) is 3. The molecule has 0 aliphatic carbocycles. The van der Waals surface area contributed by atoms with Gasteiger partial charge in [0.1, 0.15) is 12.4 Å². The number of piperazine rings is 1. The number of carbonyl (C=O) groups is 1. The van der Waals surface area contributed by atoms with Gasteiger partial charge in [-0.3, -0.25) is 14.7 Å². The Balaban J connectivity index is 1.27. The first kappa shape index (κ1) is 19.9. The predicted octanol–water partition coefficient (Wildman–Crippen LogP) is 4.33. The van der Waals surface area contributed by atoms with Crippen molar-refractivity contribution in [3.8, 4) is 5.75 Å². The number of pyridine rings is 1. The molecule has 2 aromatic heterocycles. The highest BCUT2D eigenvalue weighted by molar-refractivity contribution is 7.16. The molecule has 5 nitrogen and oxygen atoms in total. The molecule has 7 heteroatoms. The molecular weight excluding hydrogens is 406 g/mol. The van der Waals surface area contributed by atoms with Gasteiger partial charge in [-0.15, -0.1) is 11.3 Å². The Hall–Kier alpha value is -2.41. The van der Waals surface area contributed by atoms with Crippen LogP contribution in [-0.4, -0.2) is 46.9 Å². The molecule has 0 atom stereocenters. The number of rotatable bonds is 6. The third-order valence-electron chi connectivity index (χ3n) is 4.90. The van der Waals surface area contributed by atoms with E-state index in [0.717, 1.165) is 48.4 Å². The van der Waals surface area contributed by atoms with Crippen molar-refractivity contribution in [3.05, 3.63) is 81.3 Å². The second kappa shape index (κ2) is 9.39. The zero-order valence-electron chi connectivity index (χ0n) is 16.0.